The molecule has 1 heterocycles. The molecule has 8 nitrogen and oxygen atoms in total. The second kappa shape index (κ2) is 8.71. The smallest absolute Gasteiger partial charge is 0.412 e. The van der Waals surface area contributed by atoms with Gasteiger partial charge in [-0.15, -0.1) is 0 Å². The highest BCUT2D eigenvalue weighted by atomic mass is 32.2. The Balaban J connectivity index is 2.23. The number of nitrogens with one attached hydrogen (secondary N) is 1. The van der Waals surface area contributed by atoms with E-state index in [-0.39, 0.29) is 16.1 Å². The van der Waals surface area contributed by atoms with E-state index in [1.165, 1.54) is 24.3 Å². The van der Waals surface area contributed by atoms with Gasteiger partial charge in [-0.2, -0.15) is 5.26 Å². The van der Waals surface area contributed by atoms with E-state index in [0.717, 1.165) is 9.54 Å². The number of aryl methyl sites for hydroxylation is 2. The first-order valence-electron chi connectivity index (χ1n) is 10.2. The normalized spacial score (nSPS) is 11.8. The molecule has 0 saturated carbocycles. The first-order valence-corrected chi connectivity index (χ1v) is 11.7. The number of nitriles is 1. The molecule has 0 aliphatic rings. The van der Waals surface area contributed by atoms with Gasteiger partial charge in [0.15, 0.2) is 5.78 Å². The van der Waals surface area contributed by atoms with Crippen molar-refractivity contribution in [1.29, 1.82) is 5.26 Å². The molecular formula is C24H25N3O5S. The monoisotopic (exact) mass is 467 g/mol. The molecule has 9 heteroatoms. The van der Waals surface area contributed by atoms with Crippen LogP contribution in [-0.2, 0) is 14.8 Å². The molecule has 3 aromatic rings. The van der Waals surface area contributed by atoms with Crippen molar-refractivity contribution in [2.45, 2.75) is 51.5 Å². The van der Waals surface area contributed by atoms with E-state index in [2.05, 4.69) is 5.32 Å². The Morgan fingerprint density at radius 1 is 1.09 bits per heavy atom. The van der Waals surface area contributed by atoms with Crippen LogP contribution < -0.4 is 5.32 Å². The summed E-state index contributed by atoms with van der Waals surface area (Å²) in [5, 5.41) is 12.1. The summed E-state index contributed by atoms with van der Waals surface area (Å²) >= 11 is 0. The summed E-state index contributed by atoms with van der Waals surface area (Å²) in [6.45, 7) is 8.77. The Labute approximate surface area is 192 Å². The molecule has 1 N–H and O–H groups in total. The van der Waals surface area contributed by atoms with Crippen molar-refractivity contribution in [3.8, 4) is 6.07 Å². The predicted octanol–water partition coefficient (Wildman–Crippen LogP) is 4.94. The molecule has 0 fully saturated rings. The number of ketones is 1. The highest BCUT2D eigenvalue weighted by molar-refractivity contribution is 7.90. The largest absolute Gasteiger partial charge is 0.444 e. The standard InChI is InChI=1S/C24H25N3O5S/c1-15-6-8-18(9-7-15)33(30,31)27-20-14-19(26-23(29)32-24(3,4)5)16(2)12-17(20)13-21(27)22(28)10-11-25/h6-9,12-14H,10H2,1-5H3,(H,26,29). The van der Waals surface area contributed by atoms with Crippen molar-refractivity contribution in [3.05, 3.63) is 59.3 Å². The Kier molecular flexibility index (Phi) is 6.34. The second-order valence-corrected chi connectivity index (χ2v) is 10.5. The van der Waals surface area contributed by atoms with Gasteiger partial charge in [0, 0.05) is 11.1 Å². The van der Waals surface area contributed by atoms with E-state index in [4.69, 9.17) is 10.00 Å². The van der Waals surface area contributed by atoms with Gasteiger partial charge in [-0.3, -0.25) is 10.1 Å². The van der Waals surface area contributed by atoms with E-state index in [1.54, 1.807) is 52.0 Å². The summed E-state index contributed by atoms with van der Waals surface area (Å²) in [5.41, 5.74) is 1.24. The number of aromatic nitrogens is 1. The number of Topliss-reactive ketones (excluding diaryl/α,β-unsaturated/α-hetero) is 1. The zero-order valence-corrected chi connectivity index (χ0v) is 19.9. The van der Waals surface area contributed by atoms with Crippen LogP contribution >= 0.6 is 0 Å². The van der Waals surface area contributed by atoms with Gasteiger partial charge in [-0.1, -0.05) is 17.7 Å². The summed E-state index contributed by atoms with van der Waals surface area (Å²) in [6, 6.07) is 12.6. The van der Waals surface area contributed by atoms with E-state index >= 15 is 0 Å². The van der Waals surface area contributed by atoms with Gasteiger partial charge in [0.1, 0.15) is 17.7 Å². The van der Waals surface area contributed by atoms with Crippen LogP contribution in [0, 0.1) is 25.2 Å². The number of nitrogens with zero attached hydrogens (tertiary/aromatic N) is 2. The number of anilines is 1. The lowest BCUT2D eigenvalue weighted by molar-refractivity contribution is 0.0635. The number of benzene rings is 2. The van der Waals surface area contributed by atoms with Crippen molar-refractivity contribution in [3.63, 3.8) is 0 Å². The summed E-state index contributed by atoms with van der Waals surface area (Å²) in [6.07, 6.45) is -1.16. The lowest BCUT2D eigenvalue weighted by Crippen LogP contribution is -2.27. The van der Waals surface area contributed by atoms with Gasteiger partial charge in [-0.25, -0.2) is 17.2 Å². The van der Waals surface area contributed by atoms with Gasteiger partial charge in [0.2, 0.25) is 0 Å². The third-order valence-corrected chi connectivity index (χ3v) is 6.57. The average molecular weight is 468 g/mol. The quantitative estimate of drug-likeness (QED) is 0.531. The molecule has 0 bridgehead atoms. The zero-order chi connectivity index (χ0) is 24.6. The van der Waals surface area contributed by atoms with Crippen LogP contribution in [0.15, 0.2) is 47.4 Å². The van der Waals surface area contributed by atoms with Crippen LogP contribution in [0.1, 0.15) is 48.8 Å². The minimum atomic E-state index is -4.18. The molecule has 172 valence electrons. The Morgan fingerprint density at radius 2 is 1.73 bits per heavy atom. The molecule has 0 spiro atoms. The van der Waals surface area contributed by atoms with Crippen LogP contribution in [0.25, 0.3) is 10.9 Å². The third kappa shape index (κ3) is 5.07. The highest BCUT2D eigenvalue weighted by Gasteiger charge is 2.27. The minimum absolute atomic E-state index is 0.00108. The number of ether oxygens (including phenoxy) is 1. The van der Waals surface area contributed by atoms with Crippen LogP contribution in [0.5, 0.6) is 0 Å². The first-order chi connectivity index (χ1) is 15.3. The maximum Gasteiger partial charge on any atom is 0.412 e. The van der Waals surface area contributed by atoms with Gasteiger partial charge < -0.3 is 4.74 Å². The topological polar surface area (TPSA) is 118 Å². The van der Waals surface area contributed by atoms with Gasteiger partial charge in [0.05, 0.1) is 16.5 Å². The molecule has 1 aromatic heterocycles. The van der Waals surface area contributed by atoms with Crippen LogP contribution in [-0.4, -0.2) is 29.9 Å². The Bertz CT molecular complexity index is 1390. The number of hydrogen-bond donors (Lipinski definition) is 1. The number of fused-ring (bicyclic) bond motifs is 1. The summed E-state index contributed by atoms with van der Waals surface area (Å²) in [4.78, 5) is 25.0. The number of amides is 1. The summed E-state index contributed by atoms with van der Waals surface area (Å²) in [5.74, 6) is -0.622. The molecule has 0 aliphatic heterocycles. The van der Waals surface area contributed by atoms with Crippen molar-refractivity contribution in [2.75, 3.05) is 5.32 Å². The third-order valence-electron chi connectivity index (χ3n) is 4.82. The molecule has 3 rings (SSSR count). The lowest BCUT2D eigenvalue weighted by atomic mass is 10.1. The lowest BCUT2D eigenvalue weighted by Gasteiger charge is -2.20. The van der Waals surface area contributed by atoms with Gasteiger partial charge in [-0.05, 0) is 70.5 Å². The molecule has 0 atom stereocenters. The molecule has 0 aliphatic carbocycles. The van der Waals surface area contributed by atoms with Crippen LogP contribution in [0.4, 0.5) is 10.5 Å². The highest BCUT2D eigenvalue weighted by Crippen LogP contribution is 2.31. The maximum absolute atomic E-state index is 13.6. The fraction of sp³-hybridized carbons (Fsp3) is 0.292. The van der Waals surface area contributed by atoms with Crippen molar-refractivity contribution >= 4 is 38.5 Å². The zero-order valence-electron chi connectivity index (χ0n) is 19.1. The minimum Gasteiger partial charge on any atom is -0.444 e. The molecule has 0 unspecified atom stereocenters. The van der Waals surface area contributed by atoms with E-state index in [9.17, 15) is 18.0 Å². The second-order valence-electron chi connectivity index (χ2n) is 8.72. The Morgan fingerprint density at radius 3 is 2.30 bits per heavy atom. The van der Waals surface area contributed by atoms with E-state index < -0.39 is 33.9 Å². The molecule has 0 radical (unpaired) electrons. The molecular weight excluding hydrogens is 442 g/mol. The predicted molar refractivity (Wildman–Crippen MR) is 125 cm³/mol. The van der Waals surface area contributed by atoms with Crippen molar-refractivity contribution < 1.29 is 22.7 Å². The number of carbonyl (C=O) groups excluding carboxylic acids is 2. The van der Waals surface area contributed by atoms with Crippen LogP contribution in [0.2, 0.25) is 0 Å². The number of hydrogen-bond acceptors (Lipinski definition) is 6. The summed E-state index contributed by atoms with van der Waals surface area (Å²) < 4.78 is 33.4. The number of rotatable bonds is 5. The fourth-order valence-corrected chi connectivity index (χ4v) is 4.85. The SMILES string of the molecule is Cc1ccc(S(=O)(=O)n2c(C(=O)CC#N)cc3cc(C)c(NC(=O)OC(C)(C)C)cc32)cc1. The van der Waals surface area contributed by atoms with Crippen LogP contribution in [0.3, 0.4) is 0 Å². The van der Waals surface area contributed by atoms with Crippen molar-refractivity contribution in [1.82, 2.24) is 3.97 Å². The number of carbonyl (C=O) groups is 2. The molecule has 0 saturated heterocycles. The summed E-state index contributed by atoms with van der Waals surface area (Å²) in [7, 11) is -4.18. The van der Waals surface area contributed by atoms with Gasteiger partial charge >= 0.3 is 6.09 Å². The molecule has 2 aromatic carbocycles. The molecule has 1 amide bonds. The van der Waals surface area contributed by atoms with Crippen molar-refractivity contribution in [2.24, 2.45) is 0 Å². The van der Waals surface area contributed by atoms with E-state index in [1.807, 2.05) is 6.92 Å². The fourth-order valence-electron chi connectivity index (χ4n) is 3.32. The van der Waals surface area contributed by atoms with E-state index in [0.29, 0.717) is 16.6 Å². The first kappa shape index (κ1) is 24.0. The average Bonchev–Trinajstić information content (AvgIpc) is 3.06. The van der Waals surface area contributed by atoms with Gasteiger partial charge in [0.25, 0.3) is 10.0 Å². The molecule has 33 heavy (non-hydrogen) atoms. The maximum atomic E-state index is 13.6. The Hall–Kier alpha value is -3.64.